The van der Waals surface area contributed by atoms with Crippen LogP contribution in [0.5, 0.6) is 0 Å². The van der Waals surface area contributed by atoms with Gasteiger partial charge < -0.3 is 14.5 Å². The average Bonchev–Trinajstić information content (AvgIpc) is 2.62. The lowest BCUT2D eigenvalue weighted by atomic mass is 10.3. The third-order valence-electron chi connectivity index (χ3n) is 2.54. The molecule has 1 N–H and O–H groups in total. The predicted octanol–water partition coefficient (Wildman–Crippen LogP) is 0.948. The first-order chi connectivity index (χ1) is 7.76. The van der Waals surface area contributed by atoms with E-state index in [4.69, 9.17) is 9.47 Å². The Morgan fingerprint density at radius 2 is 2.00 bits per heavy atom. The van der Waals surface area contributed by atoms with Crippen LogP contribution in [0.4, 0.5) is 0 Å². The number of fused-ring (bicyclic) bond motifs is 1. The molecule has 0 unspecified atom stereocenters. The van der Waals surface area contributed by atoms with E-state index in [9.17, 15) is 4.79 Å². The van der Waals surface area contributed by atoms with Crippen LogP contribution in [0, 0.1) is 0 Å². The molecule has 2 rings (SSSR count). The fourth-order valence-electron chi connectivity index (χ4n) is 1.68. The van der Waals surface area contributed by atoms with Gasteiger partial charge in [-0.25, -0.2) is 4.79 Å². The van der Waals surface area contributed by atoms with Gasteiger partial charge in [-0.05, 0) is 12.1 Å². The molecule has 86 valence electrons. The van der Waals surface area contributed by atoms with Gasteiger partial charge in [-0.1, -0.05) is 12.1 Å². The molecule has 0 spiro atoms. The Morgan fingerprint density at radius 1 is 1.31 bits per heavy atom. The average molecular weight is 222 g/mol. The third-order valence-corrected chi connectivity index (χ3v) is 2.54. The highest BCUT2D eigenvalue weighted by Gasteiger charge is 2.11. The molecule has 0 saturated heterocycles. The van der Waals surface area contributed by atoms with Gasteiger partial charge in [0.15, 0.2) is 6.29 Å². The minimum absolute atomic E-state index is 0.152. The molecule has 0 bridgehead atoms. The second-order valence-electron chi connectivity index (χ2n) is 3.46. The van der Waals surface area contributed by atoms with Gasteiger partial charge in [0, 0.05) is 14.2 Å². The molecular weight excluding hydrogens is 208 g/mol. The molecule has 1 aromatic carbocycles. The second-order valence-corrected chi connectivity index (χ2v) is 3.46. The van der Waals surface area contributed by atoms with Crippen molar-refractivity contribution >= 4 is 11.0 Å². The fraction of sp³-hybridized carbons (Fsp3) is 0.364. The summed E-state index contributed by atoms with van der Waals surface area (Å²) in [6, 6.07) is 7.52. The molecule has 2 aromatic rings. The van der Waals surface area contributed by atoms with Crippen LogP contribution in [-0.2, 0) is 16.0 Å². The number of imidazole rings is 1. The zero-order valence-electron chi connectivity index (χ0n) is 9.27. The van der Waals surface area contributed by atoms with Crippen molar-refractivity contribution in [3.05, 3.63) is 34.7 Å². The van der Waals surface area contributed by atoms with Crippen LogP contribution in [0.25, 0.3) is 11.0 Å². The maximum atomic E-state index is 11.7. The zero-order chi connectivity index (χ0) is 11.5. The van der Waals surface area contributed by atoms with E-state index < -0.39 is 6.29 Å². The number of H-pyrrole nitrogens is 1. The van der Waals surface area contributed by atoms with Crippen LogP contribution < -0.4 is 5.69 Å². The minimum Gasteiger partial charge on any atom is -0.354 e. The molecule has 0 aliphatic carbocycles. The highest BCUT2D eigenvalue weighted by atomic mass is 16.7. The van der Waals surface area contributed by atoms with E-state index in [2.05, 4.69) is 4.98 Å². The topological polar surface area (TPSA) is 56.2 Å². The number of benzene rings is 1. The first-order valence-corrected chi connectivity index (χ1v) is 4.99. The Labute approximate surface area is 92.6 Å². The van der Waals surface area contributed by atoms with Crippen LogP contribution in [0.15, 0.2) is 29.1 Å². The molecule has 16 heavy (non-hydrogen) atoms. The van der Waals surface area contributed by atoms with Gasteiger partial charge in [-0.15, -0.1) is 0 Å². The highest BCUT2D eigenvalue weighted by molar-refractivity contribution is 5.74. The number of hydrogen-bond acceptors (Lipinski definition) is 3. The van der Waals surface area contributed by atoms with E-state index in [0.29, 0.717) is 6.54 Å². The van der Waals surface area contributed by atoms with Gasteiger partial charge >= 0.3 is 5.69 Å². The van der Waals surface area contributed by atoms with Crippen molar-refractivity contribution in [1.82, 2.24) is 9.55 Å². The molecule has 0 radical (unpaired) electrons. The van der Waals surface area contributed by atoms with Gasteiger partial charge in [0.1, 0.15) is 0 Å². The number of methoxy groups -OCH3 is 2. The molecule has 1 aromatic heterocycles. The molecule has 0 amide bonds. The third kappa shape index (κ3) is 1.87. The predicted molar refractivity (Wildman–Crippen MR) is 60.4 cm³/mol. The molecule has 0 aliphatic heterocycles. The highest BCUT2D eigenvalue weighted by Crippen LogP contribution is 2.10. The number of rotatable bonds is 4. The summed E-state index contributed by atoms with van der Waals surface area (Å²) in [5, 5.41) is 0. The number of hydrogen-bond donors (Lipinski definition) is 1. The van der Waals surface area contributed by atoms with Gasteiger partial charge in [-0.2, -0.15) is 0 Å². The SMILES string of the molecule is COC(Cn1c(=O)[nH]c2ccccc21)OC. The lowest BCUT2D eigenvalue weighted by Crippen LogP contribution is -2.27. The summed E-state index contributed by atoms with van der Waals surface area (Å²) in [6.45, 7) is 0.371. The Morgan fingerprint density at radius 3 is 2.69 bits per heavy atom. The molecule has 5 heteroatoms. The number of ether oxygens (including phenoxy) is 2. The van der Waals surface area contributed by atoms with Gasteiger partial charge in [0.2, 0.25) is 0 Å². The van der Waals surface area contributed by atoms with Gasteiger partial charge in [-0.3, -0.25) is 4.57 Å². The van der Waals surface area contributed by atoms with Crippen molar-refractivity contribution in [3.8, 4) is 0 Å². The quantitative estimate of drug-likeness (QED) is 0.783. The van der Waals surface area contributed by atoms with Crippen LogP contribution in [-0.4, -0.2) is 30.1 Å². The standard InChI is InChI=1S/C11H14N2O3/c1-15-10(16-2)7-13-9-6-4-3-5-8(9)12-11(13)14/h3-6,10H,7H2,1-2H3,(H,12,14). The first-order valence-electron chi connectivity index (χ1n) is 4.99. The van der Waals surface area contributed by atoms with Crippen molar-refractivity contribution in [2.24, 2.45) is 0 Å². The van der Waals surface area contributed by atoms with Crippen LogP contribution in [0.3, 0.4) is 0 Å². The maximum absolute atomic E-state index is 11.7. The molecule has 0 aliphatic rings. The molecule has 0 fully saturated rings. The van der Waals surface area contributed by atoms with Crippen molar-refractivity contribution in [2.45, 2.75) is 12.8 Å². The van der Waals surface area contributed by atoms with Crippen molar-refractivity contribution in [2.75, 3.05) is 14.2 Å². The summed E-state index contributed by atoms with van der Waals surface area (Å²) in [4.78, 5) is 14.5. The van der Waals surface area contributed by atoms with Crippen molar-refractivity contribution in [1.29, 1.82) is 0 Å². The van der Waals surface area contributed by atoms with E-state index in [1.165, 1.54) is 0 Å². The number of nitrogens with one attached hydrogen (secondary N) is 1. The number of para-hydroxylation sites is 2. The summed E-state index contributed by atoms with van der Waals surface area (Å²) < 4.78 is 11.8. The van der Waals surface area contributed by atoms with E-state index in [0.717, 1.165) is 11.0 Å². The summed E-state index contributed by atoms with van der Waals surface area (Å²) in [5.74, 6) is 0. The second kappa shape index (κ2) is 4.51. The Hall–Kier alpha value is -1.59. The van der Waals surface area contributed by atoms with Crippen LogP contribution in [0.2, 0.25) is 0 Å². The van der Waals surface area contributed by atoms with Crippen molar-refractivity contribution in [3.63, 3.8) is 0 Å². The van der Waals surface area contributed by atoms with Gasteiger partial charge in [0.05, 0.1) is 17.6 Å². The molecule has 5 nitrogen and oxygen atoms in total. The maximum Gasteiger partial charge on any atom is 0.326 e. The lowest BCUT2D eigenvalue weighted by molar-refractivity contribution is -0.110. The Bertz CT molecular complexity index is 525. The molecule has 0 atom stereocenters. The lowest BCUT2D eigenvalue weighted by Gasteiger charge is -2.13. The monoisotopic (exact) mass is 222 g/mol. The molecule has 0 saturated carbocycles. The minimum atomic E-state index is -0.420. The summed E-state index contributed by atoms with van der Waals surface area (Å²) in [7, 11) is 3.10. The number of aromatic amines is 1. The number of nitrogens with zero attached hydrogens (tertiary/aromatic N) is 1. The van der Waals surface area contributed by atoms with Crippen molar-refractivity contribution < 1.29 is 9.47 Å². The van der Waals surface area contributed by atoms with Crippen LogP contribution >= 0.6 is 0 Å². The molecule has 1 heterocycles. The zero-order valence-corrected chi connectivity index (χ0v) is 9.27. The summed E-state index contributed by atoms with van der Waals surface area (Å²) in [5.41, 5.74) is 1.52. The Kier molecular flexibility index (Phi) is 3.07. The van der Waals surface area contributed by atoms with E-state index in [1.807, 2.05) is 24.3 Å². The first kappa shape index (κ1) is 10.9. The largest absolute Gasteiger partial charge is 0.354 e. The summed E-state index contributed by atoms with van der Waals surface area (Å²) >= 11 is 0. The van der Waals surface area contributed by atoms with Crippen LogP contribution in [0.1, 0.15) is 0 Å². The molecular formula is C11H14N2O3. The van der Waals surface area contributed by atoms with E-state index in [1.54, 1.807) is 18.8 Å². The normalized spacial score (nSPS) is 11.4. The summed E-state index contributed by atoms with van der Waals surface area (Å²) in [6.07, 6.45) is -0.420. The van der Waals surface area contributed by atoms with E-state index in [-0.39, 0.29) is 5.69 Å². The Balaban J connectivity index is 2.43. The smallest absolute Gasteiger partial charge is 0.326 e. The number of aromatic nitrogens is 2. The fourth-order valence-corrected chi connectivity index (χ4v) is 1.68. The van der Waals surface area contributed by atoms with E-state index >= 15 is 0 Å². The van der Waals surface area contributed by atoms with Gasteiger partial charge in [0.25, 0.3) is 0 Å².